The molecule has 1 aliphatic heterocycles. The molecule has 1 saturated carbocycles. The maximum atomic E-state index is 11.7. The predicted octanol–water partition coefficient (Wildman–Crippen LogP) is 2.08. The van der Waals surface area contributed by atoms with Crippen molar-refractivity contribution < 1.29 is 19.1 Å². The van der Waals surface area contributed by atoms with E-state index >= 15 is 0 Å². The monoisotopic (exact) mass is 295 g/mol. The number of carbonyl (C=O) groups is 3. The van der Waals surface area contributed by atoms with Crippen LogP contribution >= 0.6 is 0 Å². The van der Waals surface area contributed by atoms with Crippen molar-refractivity contribution in [3.63, 3.8) is 0 Å². The molecule has 0 bridgehead atoms. The molecule has 0 N–H and O–H groups in total. The van der Waals surface area contributed by atoms with Crippen LogP contribution in [0.15, 0.2) is 0 Å². The molecule has 1 amide bonds. The molecule has 0 aromatic rings. The minimum Gasteiger partial charge on any atom is -0.463 e. The molecule has 5 heteroatoms. The lowest BCUT2D eigenvalue weighted by Gasteiger charge is -2.15. The van der Waals surface area contributed by atoms with Crippen LogP contribution in [0, 0.1) is 5.92 Å². The quantitative estimate of drug-likeness (QED) is 0.508. The van der Waals surface area contributed by atoms with Crippen LogP contribution in [-0.2, 0) is 19.1 Å². The second kappa shape index (κ2) is 8.15. The van der Waals surface area contributed by atoms with Crippen LogP contribution in [0.3, 0.4) is 0 Å². The number of ketones is 1. The van der Waals surface area contributed by atoms with E-state index in [-0.39, 0.29) is 24.7 Å². The second-order valence-corrected chi connectivity index (χ2v) is 6.11. The number of nitrogens with zero attached hydrogens (tertiary/aromatic N) is 1. The minimum atomic E-state index is -0.460. The average molecular weight is 295 g/mol. The summed E-state index contributed by atoms with van der Waals surface area (Å²) in [7, 11) is 0. The van der Waals surface area contributed by atoms with E-state index in [1.54, 1.807) is 4.90 Å². The SMILES string of the molecule is O=C(CCC1CCCC1)CC(=O)OCCN1CCCC1=O. The summed E-state index contributed by atoms with van der Waals surface area (Å²) < 4.78 is 5.04. The van der Waals surface area contributed by atoms with Crippen LogP contribution in [0.25, 0.3) is 0 Å². The fourth-order valence-corrected chi connectivity index (χ4v) is 3.17. The Bertz CT molecular complexity index is 388. The van der Waals surface area contributed by atoms with Crippen LogP contribution in [-0.4, -0.2) is 42.3 Å². The molecule has 0 aromatic heterocycles. The Morgan fingerprint density at radius 1 is 1.19 bits per heavy atom. The Morgan fingerprint density at radius 3 is 2.62 bits per heavy atom. The summed E-state index contributed by atoms with van der Waals surface area (Å²) in [6, 6.07) is 0. The van der Waals surface area contributed by atoms with Crippen molar-refractivity contribution in [1.29, 1.82) is 0 Å². The van der Waals surface area contributed by atoms with Gasteiger partial charge in [0.1, 0.15) is 18.8 Å². The molecule has 0 aromatic carbocycles. The van der Waals surface area contributed by atoms with Crippen LogP contribution in [0.5, 0.6) is 0 Å². The van der Waals surface area contributed by atoms with E-state index in [1.807, 2.05) is 0 Å². The van der Waals surface area contributed by atoms with Gasteiger partial charge in [0.25, 0.3) is 0 Å². The van der Waals surface area contributed by atoms with Crippen LogP contribution in [0.2, 0.25) is 0 Å². The number of hydrogen-bond acceptors (Lipinski definition) is 4. The highest BCUT2D eigenvalue weighted by Crippen LogP contribution is 2.28. The highest BCUT2D eigenvalue weighted by atomic mass is 16.5. The molecule has 2 aliphatic rings. The smallest absolute Gasteiger partial charge is 0.313 e. The van der Waals surface area contributed by atoms with Crippen LogP contribution < -0.4 is 0 Å². The zero-order valence-corrected chi connectivity index (χ0v) is 12.6. The summed E-state index contributed by atoms with van der Waals surface area (Å²) in [5, 5.41) is 0. The van der Waals surface area contributed by atoms with Gasteiger partial charge in [-0.25, -0.2) is 0 Å². The number of esters is 1. The Labute approximate surface area is 126 Å². The topological polar surface area (TPSA) is 63.7 Å². The molecule has 0 unspecified atom stereocenters. The Balaban J connectivity index is 1.53. The molecular formula is C16H25NO4. The van der Waals surface area contributed by atoms with Crippen molar-refractivity contribution in [3.8, 4) is 0 Å². The summed E-state index contributed by atoms with van der Waals surface area (Å²) in [4.78, 5) is 36.3. The number of hydrogen-bond donors (Lipinski definition) is 0. The fourth-order valence-electron chi connectivity index (χ4n) is 3.17. The van der Waals surface area contributed by atoms with E-state index in [2.05, 4.69) is 0 Å². The number of ether oxygens (including phenoxy) is 1. The molecule has 2 rings (SSSR count). The van der Waals surface area contributed by atoms with Crippen LogP contribution in [0.4, 0.5) is 0 Å². The van der Waals surface area contributed by atoms with Gasteiger partial charge in [-0.1, -0.05) is 25.7 Å². The maximum Gasteiger partial charge on any atom is 0.313 e. The molecule has 1 aliphatic carbocycles. The van der Waals surface area contributed by atoms with E-state index in [0.717, 1.165) is 19.4 Å². The number of likely N-dealkylation sites (tertiary alicyclic amines) is 1. The Kier molecular flexibility index (Phi) is 6.21. The number of amides is 1. The molecule has 118 valence electrons. The first-order valence-electron chi connectivity index (χ1n) is 8.10. The zero-order valence-electron chi connectivity index (χ0n) is 12.6. The largest absolute Gasteiger partial charge is 0.463 e. The molecule has 1 saturated heterocycles. The average Bonchev–Trinajstić information content (AvgIpc) is 3.09. The number of carbonyl (C=O) groups excluding carboxylic acids is 3. The third-order valence-electron chi connectivity index (χ3n) is 4.44. The van der Waals surface area contributed by atoms with Crippen molar-refractivity contribution >= 4 is 17.7 Å². The Morgan fingerprint density at radius 2 is 1.95 bits per heavy atom. The first-order valence-corrected chi connectivity index (χ1v) is 8.10. The van der Waals surface area contributed by atoms with Gasteiger partial charge in [0.05, 0.1) is 6.54 Å². The van der Waals surface area contributed by atoms with E-state index in [1.165, 1.54) is 25.7 Å². The fraction of sp³-hybridized carbons (Fsp3) is 0.812. The van der Waals surface area contributed by atoms with Gasteiger partial charge in [0.15, 0.2) is 0 Å². The maximum absolute atomic E-state index is 11.7. The molecule has 0 radical (unpaired) electrons. The van der Waals surface area contributed by atoms with Gasteiger partial charge < -0.3 is 9.64 Å². The minimum absolute atomic E-state index is 0.0239. The van der Waals surface area contributed by atoms with Gasteiger partial charge in [-0.15, -0.1) is 0 Å². The third-order valence-corrected chi connectivity index (χ3v) is 4.44. The lowest BCUT2D eigenvalue weighted by Crippen LogP contribution is -2.29. The first kappa shape index (κ1) is 16.0. The summed E-state index contributed by atoms with van der Waals surface area (Å²) in [6.45, 7) is 1.39. The van der Waals surface area contributed by atoms with Crippen molar-refractivity contribution in [2.24, 2.45) is 5.92 Å². The molecule has 0 atom stereocenters. The molecule has 1 heterocycles. The summed E-state index contributed by atoms with van der Waals surface area (Å²) in [5.74, 6) is 0.312. The van der Waals surface area contributed by atoms with Crippen molar-refractivity contribution in [2.75, 3.05) is 19.7 Å². The lowest BCUT2D eigenvalue weighted by atomic mass is 9.99. The molecular weight excluding hydrogens is 270 g/mol. The first-order chi connectivity index (χ1) is 10.1. The van der Waals surface area contributed by atoms with E-state index in [9.17, 15) is 14.4 Å². The molecule has 21 heavy (non-hydrogen) atoms. The number of Topliss-reactive ketones (excluding diaryl/α,β-unsaturated/α-hetero) is 1. The highest BCUT2D eigenvalue weighted by Gasteiger charge is 2.21. The van der Waals surface area contributed by atoms with E-state index < -0.39 is 5.97 Å². The number of rotatable bonds is 8. The third kappa shape index (κ3) is 5.48. The van der Waals surface area contributed by atoms with Gasteiger partial charge in [0.2, 0.25) is 5.91 Å². The van der Waals surface area contributed by atoms with Gasteiger partial charge in [0, 0.05) is 19.4 Å². The standard InChI is InChI=1S/C16H25NO4/c18-14(8-7-13-4-1-2-5-13)12-16(20)21-11-10-17-9-3-6-15(17)19/h13H,1-12H2. The zero-order chi connectivity index (χ0) is 15.1. The van der Waals surface area contributed by atoms with Gasteiger partial charge in [-0.05, 0) is 18.8 Å². The molecule has 5 nitrogen and oxygen atoms in total. The van der Waals surface area contributed by atoms with Gasteiger partial charge >= 0.3 is 5.97 Å². The normalized spacial score (nSPS) is 19.2. The Hall–Kier alpha value is -1.39. The second-order valence-electron chi connectivity index (χ2n) is 6.11. The van der Waals surface area contributed by atoms with Crippen molar-refractivity contribution in [3.05, 3.63) is 0 Å². The van der Waals surface area contributed by atoms with Crippen molar-refractivity contribution in [1.82, 2.24) is 4.90 Å². The summed E-state index contributed by atoms with van der Waals surface area (Å²) in [5.41, 5.74) is 0. The molecule has 2 fully saturated rings. The summed E-state index contributed by atoms with van der Waals surface area (Å²) in [6.07, 6.45) is 7.74. The van der Waals surface area contributed by atoms with Crippen LogP contribution in [0.1, 0.15) is 57.8 Å². The van der Waals surface area contributed by atoms with E-state index in [4.69, 9.17) is 4.74 Å². The van der Waals surface area contributed by atoms with Crippen molar-refractivity contribution in [2.45, 2.75) is 57.8 Å². The predicted molar refractivity (Wildman–Crippen MR) is 77.6 cm³/mol. The lowest BCUT2D eigenvalue weighted by molar-refractivity contribution is -0.147. The summed E-state index contributed by atoms with van der Waals surface area (Å²) >= 11 is 0. The molecule has 0 spiro atoms. The van der Waals surface area contributed by atoms with Gasteiger partial charge in [-0.3, -0.25) is 14.4 Å². The highest BCUT2D eigenvalue weighted by molar-refractivity contribution is 5.95. The van der Waals surface area contributed by atoms with E-state index in [0.29, 0.717) is 25.3 Å². The van der Waals surface area contributed by atoms with Gasteiger partial charge in [-0.2, -0.15) is 0 Å².